The van der Waals surface area contributed by atoms with Crippen LogP contribution in [0.5, 0.6) is 17.2 Å². The predicted molar refractivity (Wildman–Crippen MR) is 176 cm³/mol. The van der Waals surface area contributed by atoms with Crippen molar-refractivity contribution >= 4 is 52.9 Å². The number of methoxy groups -OCH3 is 3. The topological polar surface area (TPSA) is 152 Å². The Kier molecular flexibility index (Phi) is 11.4. The summed E-state index contributed by atoms with van der Waals surface area (Å²) in [5, 5.41) is 17.3. The van der Waals surface area contributed by atoms with Gasteiger partial charge in [0.05, 0.1) is 32.6 Å². The van der Waals surface area contributed by atoms with E-state index in [1.807, 2.05) is 0 Å². The van der Waals surface area contributed by atoms with E-state index in [4.69, 9.17) is 19.3 Å². The lowest BCUT2D eigenvalue weighted by Crippen LogP contribution is -2.30. The van der Waals surface area contributed by atoms with Gasteiger partial charge in [-0.25, -0.2) is 4.79 Å². The number of aromatic carboxylic acids is 1. The Morgan fingerprint density at radius 1 is 0.717 bits per heavy atom. The molecule has 0 spiro atoms. The van der Waals surface area contributed by atoms with Gasteiger partial charge in [-0.05, 0) is 60.7 Å². The van der Waals surface area contributed by atoms with Crippen LogP contribution in [0, 0.1) is 0 Å². The molecule has 4 aromatic rings. The van der Waals surface area contributed by atoms with Crippen molar-refractivity contribution in [1.29, 1.82) is 0 Å². The van der Waals surface area contributed by atoms with E-state index in [2.05, 4.69) is 16.0 Å². The molecule has 4 aromatic carbocycles. The molecule has 0 heterocycles. The molecular weight excluding hydrogens is 610 g/mol. The highest BCUT2D eigenvalue weighted by molar-refractivity contribution is 8.00. The van der Waals surface area contributed by atoms with Crippen molar-refractivity contribution in [2.24, 2.45) is 0 Å². The third-order valence-corrected chi connectivity index (χ3v) is 7.41. The summed E-state index contributed by atoms with van der Waals surface area (Å²) in [5.74, 6) is -1.30. The second-order valence-electron chi connectivity index (χ2n) is 9.53. The largest absolute Gasteiger partial charge is 0.496 e. The van der Waals surface area contributed by atoms with Gasteiger partial charge in [-0.3, -0.25) is 14.4 Å². The van der Waals surface area contributed by atoms with E-state index in [1.54, 1.807) is 78.9 Å². The van der Waals surface area contributed by atoms with Crippen LogP contribution < -0.4 is 30.2 Å². The number of carboxylic acid groups (broad SMARTS) is 1. The fraction of sp³-hybridized carbons (Fsp3) is 0.118. The second-order valence-corrected chi connectivity index (χ2v) is 10.6. The number of thioether (sulfide) groups is 1. The minimum Gasteiger partial charge on any atom is -0.496 e. The molecule has 3 amide bonds. The van der Waals surface area contributed by atoms with E-state index in [0.29, 0.717) is 44.6 Å². The number of carbonyl (C=O) groups is 4. The minimum absolute atomic E-state index is 0.0338. The maximum atomic E-state index is 13.6. The zero-order valence-electron chi connectivity index (χ0n) is 25.2. The van der Waals surface area contributed by atoms with Gasteiger partial charge < -0.3 is 35.3 Å². The molecule has 0 bridgehead atoms. The highest BCUT2D eigenvalue weighted by Crippen LogP contribution is 2.35. The van der Waals surface area contributed by atoms with Crippen LogP contribution in [-0.2, 0) is 9.59 Å². The number of anilines is 2. The minimum atomic E-state index is -1.09. The molecule has 0 aromatic heterocycles. The van der Waals surface area contributed by atoms with Gasteiger partial charge in [-0.2, -0.15) is 0 Å². The lowest BCUT2D eigenvalue weighted by atomic mass is 10.1. The normalized spacial score (nSPS) is 10.8. The van der Waals surface area contributed by atoms with Crippen molar-refractivity contribution in [2.75, 3.05) is 37.7 Å². The average molecular weight is 642 g/mol. The summed E-state index contributed by atoms with van der Waals surface area (Å²) < 4.78 is 16.3. The molecule has 0 aliphatic rings. The Balaban J connectivity index is 1.53. The van der Waals surface area contributed by atoms with Crippen LogP contribution in [0.2, 0.25) is 0 Å². The van der Waals surface area contributed by atoms with Crippen molar-refractivity contribution in [3.05, 3.63) is 113 Å². The molecule has 0 atom stereocenters. The van der Waals surface area contributed by atoms with Crippen LogP contribution in [0.3, 0.4) is 0 Å². The van der Waals surface area contributed by atoms with E-state index in [9.17, 15) is 19.2 Å². The van der Waals surface area contributed by atoms with Gasteiger partial charge in [0, 0.05) is 33.5 Å². The Hall–Kier alpha value is -5.75. The molecule has 0 saturated heterocycles. The number of rotatable bonds is 13. The first-order valence-electron chi connectivity index (χ1n) is 13.8. The number of hydrogen-bond acceptors (Lipinski definition) is 8. The van der Waals surface area contributed by atoms with Crippen LogP contribution >= 0.6 is 11.8 Å². The first-order valence-corrected chi connectivity index (χ1v) is 14.7. The van der Waals surface area contributed by atoms with Gasteiger partial charge in [-0.1, -0.05) is 30.3 Å². The molecule has 236 valence electrons. The zero-order chi connectivity index (χ0) is 33.1. The molecule has 11 nitrogen and oxygen atoms in total. The van der Waals surface area contributed by atoms with E-state index >= 15 is 0 Å². The number of carboxylic acids is 1. The summed E-state index contributed by atoms with van der Waals surface area (Å²) in [6, 6.07) is 24.5. The van der Waals surface area contributed by atoms with Crippen LogP contribution in [0.15, 0.2) is 102 Å². The molecule has 0 fully saturated rings. The van der Waals surface area contributed by atoms with Gasteiger partial charge in [0.25, 0.3) is 11.8 Å². The summed E-state index contributed by atoms with van der Waals surface area (Å²) in [6.45, 7) is 0. The smallest absolute Gasteiger partial charge is 0.335 e. The molecule has 0 radical (unpaired) electrons. The molecule has 0 saturated carbocycles. The van der Waals surface area contributed by atoms with E-state index in [0.717, 1.165) is 0 Å². The maximum absolute atomic E-state index is 13.6. The average Bonchev–Trinajstić information content (AvgIpc) is 3.07. The SMILES string of the molecule is COc1cc(OC)c(OC)cc1/C=C(/NC(=O)c1ccccc1)C(=O)Nc1cccc(SCC(=O)Nc2cccc(C(=O)O)c2)c1. The van der Waals surface area contributed by atoms with Crippen LogP contribution in [0.4, 0.5) is 11.4 Å². The molecule has 0 aliphatic heterocycles. The molecule has 4 rings (SSSR count). The van der Waals surface area contributed by atoms with E-state index in [1.165, 1.54) is 51.3 Å². The first kappa shape index (κ1) is 33.1. The predicted octanol–water partition coefficient (Wildman–Crippen LogP) is 5.55. The first-order chi connectivity index (χ1) is 22.2. The highest BCUT2D eigenvalue weighted by Gasteiger charge is 2.18. The summed E-state index contributed by atoms with van der Waals surface area (Å²) >= 11 is 1.22. The Labute approximate surface area is 269 Å². The summed E-state index contributed by atoms with van der Waals surface area (Å²) in [6.07, 6.45) is 1.47. The standard InChI is InChI=1S/C34H31N3O8S/c1-43-28-19-30(45-3)29(44-2)17-23(28)16-27(37-32(39)21-9-5-4-6-10-21)33(40)36-25-13-8-14-26(18-25)46-20-31(38)35-24-12-7-11-22(15-24)34(41)42/h4-19H,20H2,1-3H3,(H,35,38)(H,36,40)(H,37,39)(H,41,42)/b27-16+. The molecule has 46 heavy (non-hydrogen) atoms. The van der Waals surface area contributed by atoms with Gasteiger partial charge in [0.15, 0.2) is 11.5 Å². The van der Waals surface area contributed by atoms with Crippen molar-refractivity contribution in [3.63, 3.8) is 0 Å². The van der Waals surface area contributed by atoms with Crippen molar-refractivity contribution < 1.29 is 38.5 Å². The molecule has 0 aliphatic carbocycles. The molecule has 4 N–H and O–H groups in total. The van der Waals surface area contributed by atoms with Gasteiger partial charge in [0.1, 0.15) is 11.4 Å². The number of nitrogens with one attached hydrogen (secondary N) is 3. The lowest BCUT2D eigenvalue weighted by molar-refractivity contribution is -0.114. The van der Waals surface area contributed by atoms with Crippen LogP contribution in [0.1, 0.15) is 26.3 Å². The van der Waals surface area contributed by atoms with Gasteiger partial charge in [-0.15, -0.1) is 11.8 Å². The fourth-order valence-electron chi connectivity index (χ4n) is 4.20. The lowest BCUT2D eigenvalue weighted by Gasteiger charge is -2.15. The third kappa shape index (κ3) is 8.89. The molecular formula is C34H31N3O8S. The number of hydrogen-bond donors (Lipinski definition) is 4. The Morgan fingerprint density at radius 2 is 1.35 bits per heavy atom. The quantitative estimate of drug-likeness (QED) is 0.109. The molecule has 12 heteroatoms. The van der Waals surface area contributed by atoms with Gasteiger partial charge >= 0.3 is 5.97 Å². The van der Waals surface area contributed by atoms with Gasteiger partial charge in [0.2, 0.25) is 5.91 Å². The Morgan fingerprint density at radius 3 is 2.02 bits per heavy atom. The zero-order valence-corrected chi connectivity index (χ0v) is 26.0. The van der Waals surface area contributed by atoms with Crippen molar-refractivity contribution in [3.8, 4) is 17.2 Å². The van der Waals surface area contributed by atoms with Crippen LogP contribution in [0.25, 0.3) is 6.08 Å². The molecule has 0 unspecified atom stereocenters. The Bertz CT molecular complexity index is 1780. The van der Waals surface area contributed by atoms with Crippen LogP contribution in [-0.4, -0.2) is 55.9 Å². The second kappa shape index (κ2) is 15.8. The van der Waals surface area contributed by atoms with E-state index in [-0.39, 0.29) is 22.9 Å². The third-order valence-electron chi connectivity index (χ3n) is 6.42. The summed E-state index contributed by atoms with van der Waals surface area (Å²) in [4.78, 5) is 51.1. The highest BCUT2D eigenvalue weighted by atomic mass is 32.2. The summed E-state index contributed by atoms with van der Waals surface area (Å²) in [5.41, 5.74) is 1.58. The van der Waals surface area contributed by atoms with Crippen molar-refractivity contribution in [1.82, 2.24) is 5.32 Å². The van der Waals surface area contributed by atoms with Crippen molar-refractivity contribution in [2.45, 2.75) is 4.90 Å². The maximum Gasteiger partial charge on any atom is 0.335 e. The number of amides is 3. The van der Waals surface area contributed by atoms with E-state index < -0.39 is 17.8 Å². The number of ether oxygens (including phenoxy) is 3. The fourth-order valence-corrected chi connectivity index (χ4v) is 4.96. The number of benzene rings is 4. The number of carbonyl (C=O) groups excluding carboxylic acids is 3. The monoisotopic (exact) mass is 641 g/mol. The summed E-state index contributed by atoms with van der Waals surface area (Å²) in [7, 11) is 4.44.